The van der Waals surface area contributed by atoms with E-state index in [0.29, 0.717) is 17.5 Å². The third-order valence-electron chi connectivity index (χ3n) is 5.78. The van der Waals surface area contributed by atoms with Gasteiger partial charge in [-0.3, -0.25) is 9.62 Å². The van der Waals surface area contributed by atoms with Crippen LogP contribution < -0.4 is 4.72 Å². The fourth-order valence-electron chi connectivity index (χ4n) is 4.39. The van der Waals surface area contributed by atoms with E-state index in [-0.39, 0.29) is 4.90 Å². The van der Waals surface area contributed by atoms with Gasteiger partial charge in [0.25, 0.3) is 10.0 Å². The predicted molar refractivity (Wildman–Crippen MR) is 119 cm³/mol. The molecule has 0 saturated heterocycles. The average molecular weight is 412 g/mol. The number of benzene rings is 2. The van der Waals surface area contributed by atoms with Crippen LogP contribution >= 0.6 is 0 Å². The molecular formula is C23H29N3O2S. The van der Waals surface area contributed by atoms with E-state index < -0.39 is 10.0 Å². The van der Waals surface area contributed by atoms with Crippen LogP contribution in [0.5, 0.6) is 0 Å². The molecule has 1 aliphatic heterocycles. The maximum absolute atomic E-state index is 12.7. The molecule has 0 saturated carbocycles. The minimum atomic E-state index is -3.60. The highest BCUT2D eigenvalue weighted by molar-refractivity contribution is 7.92. The number of H-pyrrole nitrogens is 1. The largest absolute Gasteiger partial charge is 0.357 e. The molecule has 2 aromatic carbocycles. The van der Waals surface area contributed by atoms with Crippen molar-refractivity contribution in [2.75, 3.05) is 17.8 Å². The average Bonchev–Trinajstić information content (AvgIpc) is 3.05. The van der Waals surface area contributed by atoms with E-state index in [2.05, 4.69) is 41.4 Å². The third kappa shape index (κ3) is 3.91. The number of hydrogen-bond acceptors (Lipinski definition) is 3. The molecule has 3 aromatic rings. The lowest BCUT2D eigenvalue weighted by Crippen LogP contribution is -2.35. The van der Waals surface area contributed by atoms with Crippen LogP contribution in [0.3, 0.4) is 0 Å². The maximum Gasteiger partial charge on any atom is 0.261 e. The summed E-state index contributed by atoms with van der Waals surface area (Å²) in [7, 11) is -3.60. The van der Waals surface area contributed by atoms with Crippen LogP contribution in [0.1, 0.15) is 44.4 Å². The van der Waals surface area contributed by atoms with Gasteiger partial charge in [-0.1, -0.05) is 45.0 Å². The summed E-state index contributed by atoms with van der Waals surface area (Å²) in [4.78, 5) is 6.36. The number of anilines is 1. The summed E-state index contributed by atoms with van der Waals surface area (Å²) in [5.74, 6) is 1.02. The van der Waals surface area contributed by atoms with Crippen molar-refractivity contribution >= 4 is 26.6 Å². The topological polar surface area (TPSA) is 65.2 Å². The molecule has 1 aliphatic rings. The molecule has 0 amide bonds. The first kappa shape index (κ1) is 20.0. The minimum Gasteiger partial charge on any atom is -0.357 e. The maximum atomic E-state index is 12.7. The minimum absolute atomic E-state index is 0.265. The number of nitrogens with zero attached hydrogens (tertiary/aromatic N) is 1. The van der Waals surface area contributed by atoms with E-state index in [1.165, 1.54) is 16.6 Å². The molecule has 6 heteroatoms. The Bertz CT molecular complexity index is 1100. The zero-order chi connectivity index (χ0) is 20.6. The third-order valence-corrected chi connectivity index (χ3v) is 7.18. The number of hydrogen-bond donors (Lipinski definition) is 2. The van der Waals surface area contributed by atoms with E-state index in [1.54, 1.807) is 24.3 Å². The highest BCUT2D eigenvalue weighted by atomic mass is 32.2. The molecule has 0 fully saturated rings. The predicted octanol–water partition coefficient (Wildman–Crippen LogP) is 4.93. The summed E-state index contributed by atoms with van der Waals surface area (Å²) in [6.45, 7) is 9.88. The summed E-state index contributed by atoms with van der Waals surface area (Å²) >= 11 is 0. The van der Waals surface area contributed by atoms with Crippen molar-refractivity contribution in [1.82, 2.24) is 9.88 Å². The summed E-state index contributed by atoms with van der Waals surface area (Å²) in [5, 5.41) is 1.21. The van der Waals surface area contributed by atoms with E-state index in [4.69, 9.17) is 0 Å². The van der Waals surface area contributed by atoms with E-state index in [0.717, 1.165) is 31.6 Å². The van der Waals surface area contributed by atoms with Gasteiger partial charge in [0.15, 0.2) is 0 Å². The van der Waals surface area contributed by atoms with Crippen molar-refractivity contribution < 1.29 is 8.42 Å². The molecule has 5 nitrogen and oxygen atoms in total. The molecule has 1 aromatic heterocycles. The second-order valence-electron chi connectivity index (χ2n) is 8.28. The van der Waals surface area contributed by atoms with Crippen LogP contribution in [-0.2, 0) is 16.6 Å². The summed E-state index contributed by atoms with van der Waals surface area (Å²) < 4.78 is 28.0. The zero-order valence-electron chi connectivity index (χ0n) is 17.3. The first-order valence-electron chi connectivity index (χ1n) is 10.3. The lowest BCUT2D eigenvalue weighted by molar-refractivity contribution is 0.209. The Balaban J connectivity index is 1.70. The lowest BCUT2D eigenvalue weighted by atomic mass is 9.83. The smallest absolute Gasteiger partial charge is 0.261 e. The van der Waals surface area contributed by atoms with Gasteiger partial charge in [0.05, 0.1) is 10.6 Å². The van der Waals surface area contributed by atoms with Gasteiger partial charge in [-0.25, -0.2) is 8.42 Å². The van der Waals surface area contributed by atoms with Crippen molar-refractivity contribution in [3.05, 3.63) is 59.8 Å². The van der Waals surface area contributed by atoms with E-state index in [1.807, 2.05) is 18.2 Å². The van der Waals surface area contributed by atoms with Crippen LogP contribution in [-0.4, -0.2) is 31.4 Å². The zero-order valence-corrected chi connectivity index (χ0v) is 18.1. The number of aromatic nitrogens is 1. The van der Waals surface area contributed by atoms with E-state index >= 15 is 0 Å². The fraction of sp³-hybridized carbons (Fsp3) is 0.391. The molecule has 2 N–H and O–H groups in total. The SMILES string of the molecule is CCCN1Cc2[nH]c3cc(NS(=O)(=O)c4ccccc4)ccc3c2C(C(C)C)C1. The Labute approximate surface area is 173 Å². The Morgan fingerprint density at radius 3 is 2.62 bits per heavy atom. The monoisotopic (exact) mass is 411 g/mol. The Kier molecular flexibility index (Phi) is 5.40. The molecule has 2 heterocycles. The van der Waals surface area contributed by atoms with Crippen LogP contribution in [0.4, 0.5) is 5.69 Å². The van der Waals surface area contributed by atoms with Crippen molar-refractivity contribution in [2.24, 2.45) is 5.92 Å². The van der Waals surface area contributed by atoms with Gasteiger partial charge in [-0.2, -0.15) is 0 Å². The van der Waals surface area contributed by atoms with Gasteiger partial charge in [0, 0.05) is 35.6 Å². The standard InChI is InChI=1S/C23H29N3O2S/c1-4-12-26-14-20(16(2)3)23-19-11-10-17(13-21(19)24-22(23)15-26)25-29(27,28)18-8-6-5-7-9-18/h5-11,13,16,20,24-25H,4,12,14-15H2,1-3H3. The normalized spacial score (nSPS) is 17.6. The summed E-state index contributed by atoms with van der Waals surface area (Å²) in [6, 6.07) is 14.3. The van der Waals surface area contributed by atoms with Gasteiger partial charge in [-0.05, 0) is 48.7 Å². The van der Waals surface area contributed by atoms with Crippen LogP contribution in [0.15, 0.2) is 53.4 Å². The van der Waals surface area contributed by atoms with Crippen molar-refractivity contribution in [1.29, 1.82) is 0 Å². The molecular weight excluding hydrogens is 382 g/mol. The molecule has 29 heavy (non-hydrogen) atoms. The molecule has 4 rings (SSSR count). The molecule has 0 aliphatic carbocycles. The molecule has 0 spiro atoms. The lowest BCUT2D eigenvalue weighted by Gasteiger charge is -2.35. The van der Waals surface area contributed by atoms with Gasteiger partial charge < -0.3 is 4.98 Å². The van der Waals surface area contributed by atoms with Gasteiger partial charge >= 0.3 is 0 Å². The van der Waals surface area contributed by atoms with E-state index in [9.17, 15) is 8.42 Å². The van der Waals surface area contributed by atoms with Gasteiger partial charge in [0.2, 0.25) is 0 Å². The quantitative estimate of drug-likeness (QED) is 0.604. The molecule has 0 bridgehead atoms. The molecule has 1 unspecified atom stereocenters. The van der Waals surface area contributed by atoms with Crippen molar-refractivity contribution in [3.8, 4) is 0 Å². The number of fused-ring (bicyclic) bond motifs is 3. The molecule has 154 valence electrons. The fourth-order valence-corrected chi connectivity index (χ4v) is 5.46. The van der Waals surface area contributed by atoms with Crippen LogP contribution in [0, 0.1) is 5.92 Å². The van der Waals surface area contributed by atoms with Crippen LogP contribution in [0.2, 0.25) is 0 Å². The highest BCUT2D eigenvalue weighted by Gasteiger charge is 2.30. The van der Waals surface area contributed by atoms with Crippen molar-refractivity contribution in [2.45, 2.75) is 44.6 Å². The molecule has 0 radical (unpaired) electrons. The Hall–Kier alpha value is -2.31. The number of sulfonamides is 1. The summed E-state index contributed by atoms with van der Waals surface area (Å²) in [5.41, 5.74) is 4.24. The first-order valence-corrected chi connectivity index (χ1v) is 11.8. The highest BCUT2D eigenvalue weighted by Crippen LogP contribution is 2.39. The first-order chi connectivity index (χ1) is 13.9. The second-order valence-corrected chi connectivity index (χ2v) is 9.96. The number of aromatic amines is 1. The Morgan fingerprint density at radius 1 is 1.17 bits per heavy atom. The number of nitrogens with one attached hydrogen (secondary N) is 2. The van der Waals surface area contributed by atoms with Gasteiger partial charge in [0.1, 0.15) is 0 Å². The summed E-state index contributed by atoms with van der Waals surface area (Å²) in [6.07, 6.45) is 1.14. The second kappa shape index (κ2) is 7.84. The van der Waals surface area contributed by atoms with Gasteiger partial charge in [-0.15, -0.1) is 0 Å². The Morgan fingerprint density at radius 2 is 1.93 bits per heavy atom. The van der Waals surface area contributed by atoms with Crippen LogP contribution in [0.25, 0.3) is 10.9 Å². The molecule has 1 atom stereocenters. The van der Waals surface area contributed by atoms with Crippen molar-refractivity contribution in [3.63, 3.8) is 0 Å². The number of rotatable bonds is 6.